The number of amidine groups is 1. The van der Waals surface area contributed by atoms with E-state index >= 15 is 0 Å². The van der Waals surface area contributed by atoms with Gasteiger partial charge in [0.05, 0.1) is 6.54 Å². The van der Waals surface area contributed by atoms with Gasteiger partial charge in [-0.25, -0.2) is 4.98 Å². The van der Waals surface area contributed by atoms with Crippen LogP contribution in [0.1, 0.15) is 18.4 Å². The number of halogens is 2. The highest BCUT2D eigenvalue weighted by Gasteiger charge is 2.34. The molecular formula is C15H17F2N5S. The molecule has 1 aromatic heterocycles. The Balaban J connectivity index is 1.96. The molecule has 0 aromatic carbocycles. The zero-order valence-electron chi connectivity index (χ0n) is 12.6. The van der Waals surface area contributed by atoms with E-state index in [0.29, 0.717) is 18.0 Å². The lowest BCUT2D eigenvalue weighted by atomic mass is 10.0. The zero-order valence-corrected chi connectivity index (χ0v) is 13.4. The van der Waals surface area contributed by atoms with Gasteiger partial charge in [0.25, 0.3) is 0 Å². The third-order valence-electron chi connectivity index (χ3n) is 3.85. The Morgan fingerprint density at radius 3 is 3.04 bits per heavy atom. The van der Waals surface area contributed by atoms with Crippen LogP contribution in [0.3, 0.4) is 0 Å². The van der Waals surface area contributed by atoms with E-state index in [2.05, 4.69) is 21.8 Å². The first-order chi connectivity index (χ1) is 11.1. The molecular weight excluding hydrogens is 320 g/mol. The minimum Gasteiger partial charge on any atom is -0.336 e. The molecule has 0 radical (unpaired) electrons. The van der Waals surface area contributed by atoms with E-state index in [9.17, 15) is 8.78 Å². The van der Waals surface area contributed by atoms with E-state index in [1.165, 1.54) is 17.5 Å². The number of rotatable bonds is 5. The van der Waals surface area contributed by atoms with E-state index in [0.717, 1.165) is 41.3 Å². The van der Waals surface area contributed by atoms with Crippen LogP contribution in [0.2, 0.25) is 0 Å². The molecule has 1 saturated heterocycles. The predicted octanol–water partition coefficient (Wildman–Crippen LogP) is 2.84. The molecule has 8 heteroatoms. The maximum atomic E-state index is 12.4. The summed E-state index contributed by atoms with van der Waals surface area (Å²) in [4.78, 5) is 11.0. The predicted molar refractivity (Wildman–Crippen MR) is 87.0 cm³/mol. The second-order valence-electron chi connectivity index (χ2n) is 5.53. The summed E-state index contributed by atoms with van der Waals surface area (Å²) >= 11 is 1.53. The molecule has 0 aliphatic carbocycles. The van der Waals surface area contributed by atoms with E-state index in [1.807, 2.05) is 10.7 Å². The molecule has 122 valence electrons. The normalized spacial score (nSPS) is 21.6. The maximum absolute atomic E-state index is 12.4. The number of nitrogens with zero attached hydrogens (tertiary/aromatic N) is 3. The van der Waals surface area contributed by atoms with Crippen LogP contribution in [-0.4, -0.2) is 41.6 Å². The average Bonchev–Trinajstić information content (AvgIpc) is 3.16. The Morgan fingerprint density at radius 2 is 2.39 bits per heavy atom. The summed E-state index contributed by atoms with van der Waals surface area (Å²) in [6.45, 7) is 0.699. The van der Waals surface area contributed by atoms with Gasteiger partial charge in [-0.3, -0.25) is 4.99 Å². The van der Waals surface area contributed by atoms with Crippen molar-refractivity contribution in [1.82, 2.24) is 15.2 Å². The molecule has 2 aliphatic rings. The lowest BCUT2D eigenvalue weighted by molar-refractivity contribution is 0.125. The number of hydrogen-bond donors (Lipinski definition) is 2. The number of fused-ring (bicyclic) bond motifs is 1. The van der Waals surface area contributed by atoms with Crippen molar-refractivity contribution in [1.29, 1.82) is 5.41 Å². The third kappa shape index (κ3) is 3.17. The number of aromatic nitrogens is 1. The van der Waals surface area contributed by atoms with Crippen LogP contribution in [0.4, 0.5) is 8.78 Å². The lowest BCUT2D eigenvalue weighted by Crippen LogP contribution is -2.33. The Labute approximate surface area is 137 Å². The van der Waals surface area contributed by atoms with Crippen LogP contribution >= 0.6 is 11.3 Å². The van der Waals surface area contributed by atoms with Crippen LogP contribution in [-0.2, 0) is 0 Å². The van der Waals surface area contributed by atoms with Crippen molar-refractivity contribution >= 4 is 23.4 Å². The summed E-state index contributed by atoms with van der Waals surface area (Å²) in [5.74, 6) is 1.28. The van der Waals surface area contributed by atoms with Crippen molar-refractivity contribution in [3.63, 3.8) is 0 Å². The number of nitrogens with one attached hydrogen (secondary N) is 2. The fraction of sp³-hybridized carbons (Fsp3) is 0.400. The smallest absolute Gasteiger partial charge is 0.312 e. The minimum atomic E-state index is -2.65. The van der Waals surface area contributed by atoms with Crippen molar-refractivity contribution in [3.8, 4) is 0 Å². The minimum absolute atomic E-state index is 0.375. The zero-order chi connectivity index (χ0) is 16.4. The molecule has 0 saturated carbocycles. The van der Waals surface area contributed by atoms with Crippen LogP contribution in [0, 0.1) is 11.3 Å². The average molecular weight is 337 g/mol. The molecule has 0 amide bonds. The molecule has 2 N–H and O–H groups in total. The highest BCUT2D eigenvalue weighted by Crippen LogP contribution is 2.35. The van der Waals surface area contributed by atoms with E-state index < -0.39 is 6.55 Å². The fourth-order valence-electron chi connectivity index (χ4n) is 2.90. The molecule has 23 heavy (non-hydrogen) atoms. The summed E-state index contributed by atoms with van der Waals surface area (Å²) in [6, 6.07) is 0. The highest BCUT2D eigenvalue weighted by molar-refractivity contribution is 7.11. The quantitative estimate of drug-likeness (QED) is 0.641. The lowest BCUT2D eigenvalue weighted by Gasteiger charge is -2.28. The standard InChI is InChI=1S/C15H17F2N5S/c1-9-4-12-11(10(5-18)6-21-15(16)17)7-20-13(22(12)8-9)14-19-2-3-23-14/h2-3,5-6,9,15,18,21H,4,7-8H2,1H3/b10-6+,18-5?. The van der Waals surface area contributed by atoms with Gasteiger partial charge in [0.15, 0.2) is 10.8 Å². The molecule has 1 unspecified atom stereocenters. The van der Waals surface area contributed by atoms with Crippen LogP contribution in [0.5, 0.6) is 0 Å². The molecule has 0 spiro atoms. The highest BCUT2D eigenvalue weighted by atomic mass is 32.1. The molecule has 1 atom stereocenters. The first-order valence-corrected chi connectivity index (χ1v) is 8.17. The van der Waals surface area contributed by atoms with Crippen molar-refractivity contribution in [2.45, 2.75) is 19.9 Å². The topological polar surface area (TPSA) is 64.4 Å². The first-order valence-electron chi connectivity index (χ1n) is 7.29. The second kappa shape index (κ2) is 6.57. The summed E-state index contributed by atoms with van der Waals surface area (Å²) in [7, 11) is 0. The van der Waals surface area contributed by atoms with Gasteiger partial charge in [-0.05, 0) is 12.3 Å². The number of allylic oxidation sites excluding steroid dienone is 1. The Bertz CT molecular complexity index is 678. The van der Waals surface area contributed by atoms with E-state index in [4.69, 9.17) is 5.41 Å². The SMILES string of the molecule is CC1CC2=C(/C(C=N)=C/NC(F)F)CN=C(c3nccs3)N2C1. The summed E-state index contributed by atoms with van der Waals surface area (Å²) in [5.41, 5.74) is 2.34. The second-order valence-corrected chi connectivity index (χ2v) is 6.43. The van der Waals surface area contributed by atoms with Crippen LogP contribution < -0.4 is 5.32 Å². The van der Waals surface area contributed by atoms with E-state index in [-0.39, 0.29) is 0 Å². The first kappa shape index (κ1) is 15.8. The van der Waals surface area contributed by atoms with Gasteiger partial charge in [-0.15, -0.1) is 11.3 Å². The van der Waals surface area contributed by atoms with Crippen molar-refractivity contribution in [2.75, 3.05) is 13.1 Å². The Kier molecular flexibility index (Phi) is 4.51. The molecule has 0 bridgehead atoms. The van der Waals surface area contributed by atoms with Gasteiger partial charge in [-0.1, -0.05) is 6.92 Å². The fourth-order valence-corrected chi connectivity index (χ4v) is 3.55. The number of hydrogen-bond acceptors (Lipinski definition) is 6. The van der Waals surface area contributed by atoms with Crippen molar-refractivity contribution < 1.29 is 8.78 Å². The maximum Gasteiger partial charge on any atom is 0.312 e. The van der Waals surface area contributed by atoms with Gasteiger partial charge in [0.1, 0.15) is 0 Å². The monoisotopic (exact) mass is 337 g/mol. The van der Waals surface area contributed by atoms with Gasteiger partial charge in [0, 0.05) is 47.4 Å². The largest absolute Gasteiger partial charge is 0.336 e. The summed E-state index contributed by atoms with van der Waals surface area (Å²) < 4.78 is 24.8. The van der Waals surface area contributed by atoms with E-state index in [1.54, 1.807) is 6.20 Å². The summed E-state index contributed by atoms with van der Waals surface area (Å²) in [6.07, 6.45) is 4.89. The van der Waals surface area contributed by atoms with Crippen LogP contribution in [0.15, 0.2) is 39.6 Å². The summed E-state index contributed by atoms with van der Waals surface area (Å²) in [5, 5.41) is 12.3. The third-order valence-corrected chi connectivity index (χ3v) is 4.61. The van der Waals surface area contributed by atoms with Gasteiger partial charge < -0.3 is 15.6 Å². The van der Waals surface area contributed by atoms with Gasteiger partial charge in [0.2, 0.25) is 0 Å². The molecule has 5 nitrogen and oxygen atoms in total. The number of alkyl halides is 2. The molecule has 2 aliphatic heterocycles. The number of thiazole rings is 1. The molecule has 1 aromatic rings. The molecule has 3 heterocycles. The Hall–Kier alpha value is -2.09. The van der Waals surface area contributed by atoms with Crippen LogP contribution in [0.25, 0.3) is 0 Å². The molecule has 3 rings (SSSR count). The van der Waals surface area contributed by atoms with Gasteiger partial charge in [-0.2, -0.15) is 8.78 Å². The Morgan fingerprint density at radius 1 is 1.57 bits per heavy atom. The van der Waals surface area contributed by atoms with Gasteiger partial charge >= 0.3 is 6.55 Å². The molecule has 1 fully saturated rings. The van der Waals surface area contributed by atoms with Crippen molar-refractivity contribution in [2.24, 2.45) is 10.9 Å². The van der Waals surface area contributed by atoms with Crippen molar-refractivity contribution in [3.05, 3.63) is 39.6 Å². The number of aliphatic imine (C=N–C) groups is 1.